The van der Waals surface area contributed by atoms with Crippen LogP contribution in [0.4, 0.5) is 0 Å². The van der Waals surface area contributed by atoms with E-state index in [2.05, 4.69) is 28.8 Å². The molecule has 0 bridgehead atoms. The lowest BCUT2D eigenvalue weighted by Crippen LogP contribution is -2.09. The van der Waals surface area contributed by atoms with Crippen molar-refractivity contribution in [2.75, 3.05) is 6.61 Å². The van der Waals surface area contributed by atoms with Gasteiger partial charge in [0.2, 0.25) is 0 Å². The van der Waals surface area contributed by atoms with Gasteiger partial charge in [-0.15, -0.1) is 0 Å². The molecule has 0 atom stereocenters. The lowest BCUT2D eigenvalue weighted by molar-refractivity contribution is 0.301. The lowest BCUT2D eigenvalue weighted by Gasteiger charge is -2.12. The molecule has 0 radical (unpaired) electrons. The molecule has 0 saturated heterocycles. The SMILES string of the molecule is Cc1cc(OCCCn2c(Cc3ccccc3Cl)nc3ccccc32)cc(C)c1Cl. The van der Waals surface area contributed by atoms with Gasteiger partial charge in [-0.05, 0) is 67.3 Å². The van der Waals surface area contributed by atoms with Crippen LogP contribution in [0.15, 0.2) is 60.7 Å². The maximum absolute atomic E-state index is 6.39. The molecule has 30 heavy (non-hydrogen) atoms. The minimum Gasteiger partial charge on any atom is -0.494 e. The summed E-state index contributed by atoms with van der Waals surface area (Å²) in [4.78, 5) is 4.87. The van der Waals surface area contributed by atoms with E-state index in [0.29, 0.717) is 13.0 Å². The standard InChI is InChI=1S/C25H24Cl2N2O/c1-17-14-20(15-18(2)25(17)27)30-13-7-12-29-23-11-6-5-10-22(23)28-24(29)16-19-8-3-4-9-21(19)26/h3-6,8-11,14-15H,7,12-13,16H2,1-2H3. The highest BCUT2D eigenvalue weighted by molar-refractivity contribution is 6.32. The van der Waals surface area contributed by atoms with Crippen LogP contribution >= 0.6 is 23.2 Å². The molecule has 4 aromatic rings. The van der Waals surface area contributed by atoms with E-state index >= 15 is 0 Å². The molecule has 0 aliphatic rings. The van der Waals surface area contributed by atoms with Crippen molar-refractivity contribution in [2.24, 2.45) is 0 Å². The summed E-state index contributed by atoms with van der Waals surface area (Å²) in [7, 11) is 0. The molecule has 0 aliphatic heterocycles. The van der Waals surface area contributed by atoms with Gasteiger partial charge in [-0.25, -0.2) is 4.98 Å². The van der Waals surface area contributed by atoms with Crippen LogP contribution in [0.3, 0.4) is 0 Å². The largest absolute Gasteiger partial charge is 0.494 e. The maximum Gasteiger partial charge on any atom is 0.119 e. The van der Waals surface area contributed by atoms with Crippen molar-refractivity contribution in [3.63, 3.8) is 0 Å². The number of imidazole rings is 1. The van der Waals surface area contributed by atoms with Gasteiger partial charge in [0, 0.05) is 23.0 Å². The molecule has 1 aromatic heterocycles. The summed E-state index contributed by atoms with van der Waals surface area (Å²) in [5.74, 6) is 1.88. The van der Waals surface area contributed by atoms with Gasteiger partial charge < -0.3 is 9.30 Å². The molecule has 0 saturated carbocycles. The van der Waals surface area contributed by atoms with Crippen LogP contribution in [-0.4, -0.2) is 16.2 Å². The van der Waals surface area contributed by atoms with Gasteiger partial charge in [-0.2, -0.15) is 0 Å². The Morgan fingerprint density at radius 3 is 2.40 bits per heavy atom. The fourth-order valence-corrected chi connectivity index (χ4v) is 4.04. The number of hydrogen-bond acceptors (Lipinski definition) is 2. The summed E-state index contributed by atoms with van der Waals surface area (Å²) in [5.41, 5.74) is 5.30. The number of nitrogens with zero attached hydrogens (tertiary/aromatic N) is 2. The molecule has 154 valence electrons. The Morgan fingerprint density at radius 2 is 1.63 bits per heavy atom. The van der Waals surface area contributed by atoms with Crippen molar-refractivity contribution >= 4 is 34.2 Å². The Balaban J connectivity index is 1.50. The summed E-state index contributed by atoms with van der Waals surface area (Å²) in [6.07, 6.45) is 1.57. The average Bonchev–Trinajstić information content (AvgIpc) is 3.08. The first kappa shape index (κ1) is 20.8. The van der Waals surface area contributed by atoms with Crippen molar-refractivity contribution in [3.05, 3.63) is 93.2 Å². The number of benzene rings is 3. The molecule has 0 N–H and O–H groups in total. The van der Waals surface area contributed by atoms with E-state index in [1.807, 2.05) is 50.2 Å². The smallest absolute Gasteiger partial charge is 0.119 e. The summed E-state index contributed by atoms with van der Waals surface area (Å²) < 4.78 is 8.27. The van der Waals surface area contributed by atoms with Gasteiger partial charge in [0.1, 0.15) is 11.6 Å². The van der Waals surface area contributed by atoms with Crippen LogP contribution in [0.25, 0.3) is 11.0 Å². The van der Waals surface area contributed by atoms with E-state index in [1.165, 1.54) is 0 Å². The van der Waals surface area contributed by atoms with Gasteiger partial charge >= 0.3 is 0 Å². The fourth-order valence-electron chi connectivity index (χ4n) is 3.72. The Morgan fingerprint density at radius 1 is 0.933 bits per heavy atom. The van der Waals surface area contributed by atoms with E-state index in [1.54, 1.807) is 0 Å². The van der Waals surface area contributed by atoms with Gasteiger partial charge in [0.15, 0.2) is 0 Å². The second-order valence-corrected chi connectivity index (χ2v) is 8.29. The Hall–Kier alpha value is -2.49. The molecule has 0 spiro atoms. The molecule has 3 nitrogen and oxygen atoms in total. The van der Waals surface area contributed by atoms with E-state index < -0.39 is 0 Å². The van der Waals surface area contributed by atoms with E-state index in [0.717, 1.165) is 62.3 Å². The number of hydrogen-bond donors (Lipinski definition) is 0. The quantitative estimate of drug-likeness (QED) is 0.289. The molecule has 1 heterocycles. The van der Waals surface area contributed by atoms with Crippen LogP contribution in [-0.2, 0) is 13.0 Å². The predicted octanol–water partition coefficient (Wildman–Crippen LogP) is 7.02. The third-order valence-electron chi connectivity index (χ3n) is 5.24. The number of para-hydroxylation sites is 2. The Bertz CT molecular complexity index is 1160. The minimum atomic E-state index is 0.624. The highest BCUT2D eigenvalue weighted by atomic mass is 35.5. The van der Waals surface area contributed by atoms with Crippen LogP contribution < -0.4 is 4.74 Å². The zero-order chi connectivity index (χ0) is 21.1. The molecule has 0 amide bonds. The van der Waals surface area contributed by atoms with Crippen molar-refractivity contribution in [3.8, 4) is 5.75 Å². The van der Waals surface area contributed by atoms with E-state index in [9.17, 15) is 0 Å². The highest BCUT2D eigenvalue weighted by Crippen LogP contribution is 2.26. The number of fused-ring (bicyclic) bond motifs is 1. The topological polar surface area (TPSA) is 27.1 Å². The summed E-state index contributed by atoms with van der Waals surface area (Å²) in [5, 5.41) is 1.57. The maximum atomic E-state index is 6.39. The Labute approximate surface area is 187 Å². The second kappa shape index (κ2) is 9.11. The molecule has 0 unspecified atom stereocenters. The second-order valence-electron chi connectivity index (χ2n) is 7.51. The first-order chi connectivity index (χ1) is 14.5. The molecular formula is C25H24Cl2N2O. The van der Waals surface area contributed by atoms with Crippen LogP contribution in [0.1, 0.15) is 28.9 Å². The summed E-state index contributed by atoms with van der Waals surface area (Å²) >= 11 is 12.6. The zero-order valence-corrected chi connectivity index (χ0v) is 18.7. The molecule has 0 aliphatic carbocycles. The van der Waals surface area contributed by atoms with Gasteiger partial charge in [-0.1, -0.05) is 53.5 Å². The molecular weight excluding hydrogens is 415 g/mol. The summed E-state index contributed by atoms with van der Waals surface area (Å²) in [6, 6.07) is 20.2. The van der Waals surface area contributed by atoms with Gasteiger partial charge in [-0.3, -0.25) is 0 Å². The first-order valence-electron chi connectivity index (χ1n) is 10.1. The number of rotatable bonds is 7. The molecule has 4 rings (SSSR count). The highest BCUT2D eigenvalue weighted by Gasteiger charge is 2.12. The van der Waals surface area contributed by atoms with E-state index in [-0.39, 0.29) is 0 Å². The van der Waals surface area contributed by atoms with Crippen LogP contribution in [0.2, 0.25) is 10.0 Å². The molecule has 3 aromatic carbocycles. The zero-order valence-electron chi connectivity index (χ0n) is 17.2. The van der Waals surface area contributed by atoms with E-state index in [4.69, 9.17) is 32.9 Å². The van der Waals surface area contributed by atoms with Gasteiger partial charge in [0.25, 0.3) is 0 Å². The fraction of sp³-hybridized carbons (Fsp3) is 0.240. The number of aryl methyl sites for hydroxylation is 3. The predicted molar refractivity (Wildman–Crippen MR) is 125 cm³/mol. The summed E-state index contributed by atoms with van der Waals surface area (Å²) in [6.45, 7) is 5.45. The van der Waals surface area contributed by atoms with Crippen molar-refractivity contribution in [2.45, 2.75) is 33.2 Å². The number of ether oxygens (including phenoxy) is 1. The monoisotopic (exact) mass is 438 g/mol. The van der Waals surface area contributed by atoms with Crippen LogP contribution in [0, 0.1) is 13.8 Å². The third kappa shape index (κ3) is 4.48. The number of aromatic nitrogens is 2. The van der Waals surface area contributed by atoms with Crippen LogP contribution in [0.5, 0.6) is 5.75 Å². The Kier molecular flexibility index (Phi) is 6.31. The van der Waals surface area contributed by atoms with Gasteiger partial charge in [0.05, 0.1) is 17.6 Å². The minimum absolute atomic E-state index is 0.624. The first-order valence-corrected chi connectivity index (χ1v) is 10.9. The number of halogens is 2. The van der Waals surface area contributed by atoms with Crippen molar-refractivity contribution in [1.29, 1.82) is 0 Å². The molecule has 5 heteroatoms. The van der Waals surface area contributed by atoms with Crippen molar-refractivity contribution in [1.82, 2.24) is 9.55 Å². The normalized spacial score (nSPS) is 11.2. The van der Waals surface area contributed by atoms with Crippen molar-refractivity contribution < 1.29 is 4.74 Å². The lowest BCUT2D eigenvalue weighted by atomic mass is 10.1. The average molecular weight is 439 g/mol. The third-order valence-corrected chi connectivity index (χ3v) is 6.21. The molecule has 0 fully saturated rings.